The van der Waals surface area contributed by atoms with Gasteiger partial charge in [-0.05, 0) is 37.1 Å². The van der Waals surface area contributed by atoms with Crippen LogP contribution in [0.15, 0.2) is 66.3 Å². The second kappa shape index (κ2) is 6.08. The van der Waals surface area contributed by atoms with Gasteiger partial charge in [0.1, 0.15) is 11.4 Å². The van der Waals surface area contributed by atoms with E-state index in [0.717, 1.165) is 12.2 Å². The summed E-state index contributed by atoms with van der Waals surface area (Å²) in [6.07, 6.45) is 5.47. The average Bonchev–Trinajstić information content (AvgIpc) is 2.89. The maximum Gasteiger partial charge on any atom is 0.135 e. The monoisotopic (exact) mass is 304 g/mol. The highest BCUT2D eigenvalue weighted by molar-refractivity contribution is 5.85. The maximum absolute atomic E-state index is 6.22. The zero-order chi connectivity index (χ0) is 16.4. The van der Waals surface area contributed by atoms with Crippen LogP contribution in [0.4, 0.5) is 0 Å². The fourth-order valence-corrected chi connectivity index (χ4v) is 3.25. The third kappa shape index (κ3) is 2.72. The number of hydrogen-bond donors (Lipinski definition) is 0. The van der Waals surface area contributed by atoms with Gasteiger partial charge >= 0.3 is 0 Å². The first-order valence-electron chi connectivity index (χ1n) is 8.43. The van der Waals surface area contributed by atoms with Crippen LogP contribution in [0.3, 0.4) is 0 Å². The van der Waals surface area contributed by atoms with Crippen LogP contribution in [0.2, 0.25) is 0 Å². The number of benzene rings is 2. The molecule has 23 heavy (non-hydrogen) atoms. The van der Waals surface area contributed by atoms with E-state index in [1.54, 1.807) is 0 Å². The molecule has 4 rings (SSSR count). The van der Waals surface area contributed by atoms with Gasteiger partial charge < -0.3 is 4.74 Å². The van der Waals surface area contributed by atoms with Crippen molar-refractivity contribution in [2.75, 3.05) is 0 Å². The SMILES string of the molecule is CC.CC1=CCC2(C)Oc3ccc(-c4ccccc4)cc3C2=C1. The predicted octanol–water partition coefficient (Wildman–Crippen LogP) is 6.26. The number of rotatable bonds is 1. The second-order valence-corrected chi connectivity index (χ2v) is 6.12. The Hall–Kier alpha value is -2.28. The summed E-state index contributed by atoms with van der Waals surface area (Å²) in [5.74, 6) is 1.01. The van der Waals surface area contributed by atoms with Crippen LogP contribution in [0, 0.1) is 0 Å². The standard InChI is InChI=1S/C20H18O.C2H6/c1-14-10-11-20(2)18(12-14)17-13-16(8-9-19(17)21-20)15-6-4-3-5-7-15;1-2/h3-10,12-13H,11H2,1-2H3;1-2H3. The lowest BCUT2D eigenvalue weighted by Gasteiger charge is -2.27. The van der Waals surface area contributed by atoms with Gasteiger partial charge in [0.15, 0.2) is 0 Å². The minimum atomic E-state index is -0.197. The van der Waals surface area contributed by atoms with Crippen LogP contribution in [0.1, 0.15) is 39.7 Å². The van der Waals surface area contributed by atoms with E-state index < -0.39 is 0 Å². The molecule has 1 heteroatoms. The summed E-state index contributed by atoms with van der Waals surface area (Å²) in [5, 5.41) is 0. The van der Waals surface area contributed by atoms with Gasteiger partial charge in [-0.2, -0.15) is 0 Å². The fourth-order valence-electron chi connectivity index (χ4n) is 3.25. The molecule has 0 bridgehead atoms. The predicted molar refractivity (Wildman–Crippen MR) is 98.6 cm³/mol. The third-order valence-corrected chi connectivity index (χ3v) is 4.47. The normalized spacial score (nSPS) is 21.0. The second-order valence-electron chi connectivity index (χ2n) is 6.12. The molecule has 1 unspecified atom stereocenters. The largest absolute Gasteiger partial charge is 0.482 e. The average molecular weight is 304 g/mol. The van der Waals surface area contributed by atoms with Gasteiger partial charge in [0.05, 0.1) is 0 Å². The Bertz CT molecular complexity index is 768. The van der Waals surface area contributed by atoms with Gasteiger partial charge in [-0.1, -0.05) is 68.0 Å². The van der Waals surface area contributed by atoms with Crippen LogP contribution in [-0.2, 0) is 0 Å². The number of allylic oxidation sites excluding steroid dienone is 2. The Morgan fingerprint density at radius 3 is 2.43 bits per heavy atom. The summed E-state index contributed by atoms with van der Waals surface area (Å²) < 4.78 is 6.22. The molecule has 0 radical (unpaired) electrons. The number of ether oxygens (including phenoxy) is 1. The van der Waals surface area contributed by atoms with Gasteiger partial charge in [-0.3, -0.25) is 0 Å². The minimum absolute atomic E-state index is 0.197. The zero-order valence-electron chi connectivity index (χ0n) is 14.4. The van der Waals surface area contributed by atoms with E-state index in [1.807, 2.05) is 13.8 Å². The van der Waals surface area contributed by atoms with Crippen molar-refractivity contribution in [3.8, 4) is 16.9 Å². The van der Waals surface area contributed by atoms with Crippen molar-refractivity contribution in [1.29, 1.82) is 0 Å². The summed E-state index contributed by atoms with van der Waals surface area (Å²) >= 11 is 0. The molecule has 0 fully saturated rings. The van der Waals surface area contributed by atoms with Crippen LogP contribution in [0.5, 0.6) is 5.75 Å². The van der Waals surface area contributed by atoms with Crippen molar-refractivity contribution in [2.45, 2.75) is 39.7 Å². The van der Waals surface area contributed by atoms with Crippen LogP contribution < -0.4 is 4.74 Å². The van der Waals surface area contributed by atoms with E-state index in [-0.39, 0.29) is 5.60 Å². The van der Waals surface area contributed by atoms with Crippen molar-refractivity contribution in [1.82, 2.24) is 0 Å². The van der Waals surface area contributed by atoms with E-state index in [4.69, 9.17) is 4.74 Å². The highest BCUT2D eigenvalue weighted by Crippen LogP contribution is 2.49. The smallest absolute Gasteiger partial charge is 0.135 e. The topological polar surface area (TPSA) is 9.23 Å². The molecular weight excluding hydrogens is 280 g/mol. The molecule has 0 saturated carbocycles. The molecule has 118 valence electrons. The molecule has 0 spiro atoms. The van der Waals surface area contributed by atoms with Gasteiger partial charge in [0, 0.05) is 17.6 Å². The van der Waals surface area contributed by atoms with E-state index >= 15 is 0 Å². The Balaban J connectivity index is 0.000000753. The summed E-state index contributed by atoms with van der Waals surface area (Å²) in [5.41, 5.74) is 6.18. The van der Waals surface area contributed by atoms with Crippen molar-refractivity contribution >= 4 is 5.57 Å². The van der Waals surface area contributed by atoms with E-state index in [9.17, 15) is 0 Å². The Morgan fingerprint density at radius 1 is 0.957 bits per heavy atom. The fraction of sp³-hybridized carbons (Fsp3) is 0.273. The zero-order valence-corrected chi connectivity index (χ0v) is 14.4. The molecule has 1 heterocycles. The molecule has 2 aromatic rings. The molecule has 0 aromatic heterocycles. The number of hydrogen-bond acceptors (Lipinski definition) is 1. The lowest BCUT2D eigenvalue weighted by Crippen LogP contribution is -2.29. The van der Waals surface area contributed by atoms with E-state index in [0.29, 0.717) is 0 Å². The molecule has 0 N–H and O–H groups in total. The maximum atomic E-state index is 6.22. The van der Waals surface area contributed by atoms with Crippen molar-refractivity contribution in [2.24, 2.45) is 0 Å². The lowest BCUT2D eigenvalue weighted by molar-refractivity contribution is 0.169. The highest BCUT2D eigenvalue weighted by Gasteiger charge is 2.40. The van der Waals surface area contributed by atoms with Gasteiger partial charge in [-0.25, -0.2) is 0 Å². The Kier molecular flexibility index (Phi) is 4.12. The van der Waals surface area contributed by atoms with Crippen LogP contribution in [-0.4, -0.2) is 5.60 Å². The van der Waals surface area contributed by atoms with Gasteiger partial charge in [-0.15, -0.1) is 0 Å². The minimum Gasteiger partial charge on any atom is -0.482 e. The third-order valence-electron chi connectivity index (χ3n) is 4.47. The van der Waals surface area contributed by atoms with Crippen LogP contribution >= 0.6 is 0 Å². The highest BCUT2D eigenvalue weighted by atomic mass is 16.5. The summed E-state index contributed by atoms with van der Waals surface area (Å²) in [4.78, 5) is 0. The molecule has 1 atom stereocenters. The first-order chi connectivity index (χ1) is 11.2. The van der Waals surface area contributed by atoms with Crippen molar-refractivity contribution in [3.05, 3.63) is 71.8 Å². The number of fused-ring (bicyclic) bond motifs is 3. The molecule has 0 amide bonds. The first kappa shape index (κ1) is 15.6. The van der Waals surface area contributed by atoms with Crippen molar-refractivity contribution < 1.29 is 4.74 Å². The Morgan fingerprint density at radius 2 is 1.70 bits per heavy atom. The summed E-state index contributed by atoms with van der Waals surface area (Å²) in [7, 11) is 0. The molecule has 1 nitrogen and oxygen atoms in total. The molecular formula is C22H24O. The van der Waals surface area contributed by atoms with E-state index in [1.165, 1.54) is 27.8 Å². The molecule has 1 aliphatic heterocycles. The molecule has 0 saturated heterocycles. The van der Waals surface area contributed by atoms with Gasteiger partial charge in [0.2, 0.25) is 0 Å². The lowest BCUT2D eigenvalue weighted by atomic mass is 9.83. The first-order valence-corrected chi connectivity index (χ1v) is 8.43. The quantitative estimate of drug-likeness (QED) is 0.603. The molecule has 2 aromatic carbocycles. The van der Waals surface area contributed by atoms with E-state index in [2.05, 4.69) is 74.5 Å². The Labute approximate surface area is 139 Å². The van der Waals surface area contributed by atoms with Crippen molar-refractivity contribution in [3.63, 3.8) is 0 Å². The molecule has 2 aliphatic rings. The van der Waals surface area contributed by atoms with Crippen LogP contribution in [0.25, 0.3) is 16.7 Å². The summed E-state index contributed by atoms with van der Waals surface area (Å²) in [6, 6.07) is 17.0. The molecule has 1 aliphatic carbocycles. The summed E-state index contributed by atoms with van der Waals surface area (Å²) in [6.45, 7) is 8.34. The van der Waals surface area contributed by atoms with Gasteiger partial charge in [0.25, 0.3) is 0 Å².